The van der Waals surface area contributed by atoms with Crippen LogP contribution in [0.5, 0.6) is 0 Å². The lowest BCUT2D eigenvalue weighted by Crippen LogP contribution is -2.41. The summed E-state index contributed by atoms with van der Waals surface area (Å²) in [4.78, 5) is 26.3. The van der Waals surface area contributed by atoms with Crippen molar-refractivity contribution in [3.8, 4) is 5.95 Å². The van der Waals surface area contributed by atoms with E-state index >= 15 is 0 Å². The third-order valence-electron chi connectivity index (χ3n) is 5.16. The molecule has 8 heteroatoms. The molecular formula is C22H34N6O2. The number of nitrogens with one attached hydrogen (secondary N) is 2. The van der Waals surface area contributed by atoms with Gasteiger partial charge in [0.15, 0.2) is 0 Å². The number of ether oxygens (including phenoxy) is 1. The molecule has 0 spiro atoms. The minimum Gasteiger partial charge on any atom is -0.382 e. The van der Waals surface area contributed by atoms with Crippen LogP contribution in [0.2, 0.25) is 0 Å². The van der Waals surface area contributed by atoms with Crippen LogP contribution >= 0.6 is 0 Å². The number of hydrogen-bond donors (Lipinski definition) is 2. The Kier molecular flexibility index (Phi) is 8.62. The summed E-state index contributed by atoms with van der Waals surface area (Å²) in [5.41, 5.74) is 0.973. The lowest BCUT2D eigenvalue weighted by Gasteiger charge is -2.20. The Morgan fingerprint density at radius 3 is 2.87 bits per heavy atom. The van der Waals surface area contributed by atoms with E-state index in [0.29, 0.717) is 37.4 Å². The molecule has 30 heavy (non-hydrogen) atoms. The van der Waals surface area contributed by atoms with Crippen LogP contribution in [-0.4, -0.2) is 51.2 Å². The fraction of sp³-hybridized carbons (Fsp3) is 0.636. The van der Waals surface area contributed by atoms with Crippen LogP contribution in [0.15, 0.2) is 24.8 Å². The third-order valence-corrected chi connectivity index (χ3v) is 5.16. The highest BCUT2D eigenvalue weighted by Crippen LogP contribution is 2.34. The summed E-state index contributed by atoms with van der Waals surface area (Å²) in [7, 11) is 0. The molecule has 1 amide bonds. The van der Waals surface area contributed by atoms with Crippen molar-refractivity contribution >= 4 is 11.7 Å². The van der Waals surface area contributed by atoms with Gasteiger partial charge in [-0.1, -0.05) is 26.2 Å². The van der Waals surface area contributed by atoms with Crippen LogP contribution in [0.25, 0.3) is 5.95 Å². The lowest BCUT2D eigenvalue weighted by atomic mass is 10.1. The van der Waals surface area contributed by atoms with Crippen LogP contribution in [0.1, 0.15) is 58.1 Å². The maximum atomic E-state index is 12.8. The van der Waals surface area contributed by atoms with Crippen molar-refractivity contribution in [2.75, 3.05) is 25.1 Å². The molecule has 1 fully saturated rings. The van der Waals surface area contributed by atoms with E-state index in [4.69, 9.17) is 4.74 Å². The maximum absolute atomic E-state index is 12.8. The van der Waals surface area contributed by atoms with Gasteiger partial charge in [-0.15, -0.1) is 0 Å². The molecule has 1 saturated carbocycles. The number of unbranched alkanes of at least 4 members (excludes halogenated alkanes) is 1. The van der Waals surface area contributed by atoms with E-state index < -0.39 is 0 Å². The molecule has 1 unspecified atom stereocenters. The van der Waals surface area contributed by atoms with E-state index in [-0.39, 0.29) is 11.9 Å². The Labute approximate surface area is 178 Å². The molecule has 2 heterocycles. The molecule has 1 aliphatic carbocycles. The van der Waals surface area contributed by atoms with Gasteiger partial charge >= 0.3 is 0 Å². The van der Waals surface area contributed by atoms with Gasteiger partial charge in [0.1, 0.15) is 18.2 Å². The molecule has 8 nitrogen and oxygen atoms in total. The Balaban J connectivity index is 1.70. The number of imidazole rings is 1. The van der Waals surface area contributed by atoms with Gasteiger partial charge in [-0.2, -0.15) is 4.98 Å². The molecule has 1 aliphatic rings. The van der Waals surface area contributed by atoms with Gasteiger partial charge in [0.2, 0.25) is 11.9 Å². The van der Waals surface area contributed by atoms with Gasteiger partial charge in [0.05, 0.1) is 0 Å². The molecule has 3 rings (SSSR count). The normalized spacial score (nSPS) is 14.5. The molecular weight excluding hydrogens is 380 g/mol. The van der Waals surface area contributed by atoms with Gasteiger partial charge in [0, 0.05) is 43.9 Å². The Morgan fingerprint density at radius 2 is 2.17 bits per heavy atom. The summed E-state index contributed by atoms with van der Waals surface area (Å²) in [5.74, 6) is 1.91. The largest absolute Gasteiger partial charge is 0.382 e. The fourth-order valence-electron chi connectivity index (χ4n) is 3.29. The zero-order valence-corrected chi connectivity index (χ0v) is 18.1. The summed E-state index contributed by atoms with van der Waals surface area (Å²) in [6, 6.07) is 1.67. The van der Waals surface area contributed by atoms with Gasteiger partial charge < -0.3 is 15.4 Å². The van der Waals surface area contributed by atoms with Crippen molar-refractivity contribution in [2.24, 2.45) is 5.92 Å². The highest BCUT2D eigenvalue weighted by molar-refractivity contribution is 5.84. The zero-order valence-electron chi connectivity index (χ0n) is 18.1. The summed E-state index contributed by atoms with van der Waals surface area (Å²) in [6.45, 7) is 6.13. The smallest absolute Gasteiger partial charge is 0.242 e. The topological polar surface area (TPSA) is 94.0 Å². The molecule has 0 radical (unpaired) electrons. The van der Waals surface area contributed by atoms with Crippen LogP contribution in [0.3, 0.4) is 0 Å². The summed E-state index contributed by atoms with van der Waals surface area (Å²) in [5, 5.41) is 6.44. The maximum Gasteiger partial charge on any atom is 0.242 e. The van der Waals surface area contributed by atoms with Gasteiger partial charge in [0.25, 0.3) is 0 Å². The predicted molar refractivity (Wildman–Crippen MR) is 117 cm³/mol. The molecule has 0 bridgehead atoms. The molecule has 2 N–H and O–H groups in total. The standard InChI is InChI=1S/C22H34N6O2/c1-3-5-7-18-15-20(27-22(25-18)28-12-11-23-16-28)26-19(14-17-8-9-17)21(29)24-10-6-13-30-4-2/h11-12,15-17,19H,3-10,13-14H2,1-2H3,(H,24,29)(H,25,26,27). The number of rotatable bonds is 14. The number of aromatic nitrogens is 4. The van der Waals surface area contributed by atoms with Crippen molar-refractivity contribution in [2.45, 2.75) is 64.8 Å². The van der Waals surface area contributed by atoms with Crippen LogP contribution < -0.4 is 10.6 Å². The first kappa shape index (κ1) is 22.2. The van der Waals surface area contributed by atoms with Crippen LogP contribution in [0.4, 0.5) is 5.82 Å². The summed E-state index contributed by atoms with van der Waals surface area (Å²) < 4.78 is 7.14. The monoisotopic (exact) mass is 414 g/mol. The van der Waals surface area contributed by atoms with Gasteiger partial charge in [-0.25, -0.2) is 9.97 Å². The molecule has 0 aliphatic heterocycles. The summed E-state index contributed by atoms with van der Waals surface area (Å²) in [6.07, 6.45) is 12.3. The number of nitrogens with zero attached hydrogens (tertiary/aromatic N) is 4. The number of hydrogen-bond acceptors (Lipinski definition) is 6. The van der Waals surface area contributed by atoms with E-state index in [1.807, 2.05) is 19.2 Å². The number of anilines is 1. The molecule has 164 valence electrons. The van der Waals surface area contributed by atoms with Crippen molar-refractivity contribution < 1.29 is 9.53 Å². The van der Waals surface area contributed by atoms with Crippen LogP contribution in [0, 0.1) is 5.92 Å². The second-order valence-electron chi connectivity index (χ2n) is 7.84. The van der Waals surface area contributed by atoms with Crippen molar-refractivity contribution in [1.82, 2.24) is 24.8 Å². The number of carbonyl (C=O) groups excluding carboxylic acids is 1. The molecule has 2 aromatic heterocycles. The first-order chi connectivity index (χ1) is 14.7. The highest BCUT2D eigenvalue weighted by atomic mass is 16.5. The minimum absolute atomic E-state index is 0.0244. The fourth-order valence-corrected chi connectivity index (χ4v) is 3.29. The average molecular weight is 415 g/mol. The van der Waals surface area contributed by atoms with E-state index in [0.717, 1.165) is 37.8 Å². The SMILES string of the molecule is CCCCc1cc(NC(CC2CC2)C(=O)NCCCOCC)nc(-n2ccnc2)n1. The summed E-state index contributed by atoms with van der Waals surface area (Å²) >= 11 is 0. The third kappa shape index (κ3) is 7.09. The second-order valence-corrected chi connectivity index (χ2v) is 7.84. The molecule has 0 aromatic carbocycles. The minimum atomic E-state index is -0.297. The highest BCUT2D eigenvalue weighted by Gasteiger charge is 2.29. The van der Waals surface area contributed by atoms with E-state index in [1.54, 1.807) is 17.1 Å². The van der Waals surface area contributed by atoms with Crippen LogP contribution in [-0.2, 0) is 16.0 Å². The van der Waals surface area contributed by atoms with E-state index in [9.17, 15) is 4.79 Å². The Morgan fingerprint density at radius 1 is 1.30 bits per heavy atom. The van der Waals surface area contributed by atoms with Crippen molar-refractivity contribution in [3.63, 3.8) is 0 Å². The first-order valence-electron chi connectivity index (χ1n) is 11.2. The number of aryl methyl sites for hydroxylation is 1. The molecule has 1 atom stereocenters. The Hall–Kier alpha value is -2.48. The van der Waals surface area contributed by atoms with Crippen molar-refractivity contribution in [3.05, 3.63) is 30.5 Å². The zero-order chi connectivity index (χ0) is 21.2. The molecule has 2 aromatic rings. The van der Waals surface area contributed by atoms with E-state index in [2.05, 4.69) is 32.5 Å². The predicted octanol–water partition coefficient (Wildman–Crippen LogP) is 3.13. The van der Waals surface area contributed by atoms with Crippen molar-refractivity contribution in [1.29, 1.82) is 0 Å². The van der Waals surface area contributed by atoms with Gasteiger partial charge in [-0.3, -0.25) is 9.36 Å². The van der Waals surface area contributed by atoms with E-state index in [1.165, 1.54) is 12.8 Å². The van der Waals surface area contributed by atoms with Gasteiger partial charge in [-0.05, 0) is 38.5 Å². The average Bonchev–Trinajstić information content (AvgIpc) is 3.39. The number of carbonyl (C=O) groups is 1. The second kappa shape index (κ2) is 11.6. The molecule has 0 saturated heterocycles. The quantitative estimate of drug-likeness (QED) is 0.461. The Bertz CT molecular complexity index is 776. The number of amides is 1. The first-order valence-corrected chi connectivity index (χ1v) is 11.2. The lowest BCUT2D eigenvalue weighted by molar-refractivity contribution is -0.122.